The lowest BCUT2D eigenvalue weighted by molar-refractivity contribution is -0.309. The van der Waals surface area contributed by atoms with E-state index in [0.29, 0.717) is 6.42 Å². The van der Waals surface area contributed by atoms with Gasteiger partial charge in [0.25, 0.3) is 0 Å². The summed E-state index contributed by atoms with van der Waals surface area (Å²) < 4.78 is 56.0. The van der Waals surface area contributed by atoms with Gasteiger partial charge in [-0.25, -0.2) is 0 Å². The summed E-state index contributed by atoms with van der Waals surface area (Å²) in [7, 11) is 3.16. The Kier molecular flexibility index (Phi) is 17.8. The molecule has 0 amide bonds. The van der Waals surface area contributed by atoms with E-state index < -0.39 is 126 Å². The number of esters is 3. The van der Waals surface area contributed by atoms with E-state index in [1.165, 1.54) is 27.9 Å². The Bertz CT molecular complexity index is 1390. The molecule has 0 saturated carbocycles. The number of hydrogen-bond acceptors (Lipinski definition) is 15. The third kappa shape index (κ3) is 11.8. The first-order valence-corrected chi connectivity index (χ1v) is 21.0. The van der Waals surface area contributed by atoms with Crippen molar-refractivity contribution in [3.8, 4) is 0 Å². The van der Waals surface area contributed by atoms with Crippen molar-refractivity contribution in [2.75, 3.05) is 14.2 Å². The topological polar surface area (TPSA) is 192 Å². The molecule has 15 heteroatoms. The first kappa shape index (κ1) is 50.1. The van der Waals surface area contributed by atoms with Crippen LogP contribution in [0.1, 0.15) is 116 Å². The van der Waals surface area contributed by atoms with Gasteiger partial charge in [-0.3, -0.25) is 19.2 Å². The molecule has 3 heterocycles. The highest BCUT2D eigenvalue weighted by atomic mass is 16.7. The van der Waals surface area contributed by atoms with Gasteiger partial charge in [-0.05, 0) is 53.9 Å². The van der Waals surface area contributed by atoms with Crippen LogP contribution in [0, 0.1) is 41.4 Å². The van der Waals surface area contributed by atoms with Crippen LogP contribution in [0.4, 0.5) is 0 Å². The monoisotopic (exact) mass is 831 g/mol. The molecule has 0 aromatic heterocycles. The summed E-state index contributed by atoms with van der Waals surface area (Å²) in [5, 5.41) is 22.9. The highest BCUT2D eigenvalue weighted by Crippen LogP contribution is 2.41. The Labute approximate surface area is 345 Å². The van der Waals surface area contributed by atoms with E-state index in [9.17, 15) is 29.4 Å². The van der Waals surface area contributed by atoms with Crippen LogP contribution in [-0.4, -0.2) is 127 Å². The van der Waals surface area contributed by atoms with Gasteiger partial charge in [-0.15, -0.1) is 0 Å². The van der Waals surface area contributed by atoms with E-state index in [1.54, 1.807) is 55.6 Å². The van der Waals surface area contributed by atoms with Gasteiger partial charge < -0.3 is 52.8 Å². The van der Waals surface area contributed by atoms with Crippen LogP contribution in [0.3, 0.4) is 0 Å². The molecule has 3 aliphatic rings. The maximum absolute atomic E-state index is 14.6. The molecule has 3 saturated heterocycles. The lowest BCUT2D eigenvalue weighted by Gasteiger charge is -2.48. The van der Waals surface area contributed by atoms with Crippen LogP contribution in [0.25, 0.3) is 0 Å². The van der Waals surface area contributed by atoms with Crippen molar-refractivity contribution in [1.82, 2.24) is 0 Å². The minimum Gasteiger partial charge on any atom is -0.461 e. The van der Waals surface area contributed by atoms with Gasteiger partial charge in [-0.1, -0.05) is 41.5 Å². The molecule has 0 spiro atoms. The van der Waals surface area contributed by atoms with Crippen LogP contribution < -0.4 is 0 Å². The van der Waals surface area contributed by atoms with Gasteiger partial charge >= 0.3 is 17.9 Å². The van der Waals surface area contributed by atoms with E-state index in [4.69, 9.17) is 42.6 Å². The van der Waals surface area contributed by atoms with E-state index in [-0.39, 0.29) is 31.0 Å². The van der Waals surface area contributed by atoms with Gasteiger partial charge in [0.05, 0.1) is 48.5 Å². The van der Waals surface area contributed by atoms with Crippen LogP contribution in [0.5, 0.6) is 0 Å². The third-order valence-electron chi connectivity index (χ3n) is 13.1. The van der Waals surface area contributed by atoms with E-state index in [2.05, 4.69) is 0 Å². The van der Waals surface area contributed by atoms with Crippen LogP contribution in [0.2, 0.25) is 0 Å². The summed E-state index contributed by atoms with van der Waals surface area (Å²) in [4.78, 5) is 53.6. The Morgan fingerprint density at radius 3 is 1.93 bits per heavy atom. The molecule has 20 atom stereocenters. The Hall–Kier alpha value is -2.24. The van der Waals surface area contributed by atoms with Gasteiger partial charge in [-0.2, -0.15) is 0 Å². The molecular weight excluding hydrogens is 756 g/mol. The fraction of sp³-hybridized carbons (Fsp3) is 0.907. The molecule has 0 unspecified atom stereocenters. The second-order valence-corrected chi connectivity index (χ2v) is 18.1. The minimum absolute atomic E-state index is 0.0709. The highest BCUT2D eigenvalue weighted by Gasteiger charge is 2.53. The van der Waals surface area contributed by atoms with Crippen LogP contribution >= 0.6 is 0 Å². The number of ketones is 1. The number of hydrogen-bond donors (Lipinski definition) is 2. The first-order chi connectivity index (χ1) is 26.8. The molecule has 336 valence electrons. The van der Waals surface area contributed by atoms with Gasteiger partial charge in [0.2, 0.25) is 0 Å². The lowest BCUT2D eigenvalue weighted by atomic mass is 9.74. The number of methoxy groups -OCH3 is 2. The quantitative estimate of drug-likeness (QED) is 0.226. The molecule has 3 fully saturated rings. The zero-order chi connectivity index (χ0) is 44.2. The van der Waals surface area contributed by atoms with Crippen LogP contribution in [0.15, 0.2) is 0 Å². The van der Waals surface area contributed by atoms with Crippen molar-refractivity contribution < 1.29 is 72.0 Å². The second-order valence-electron chi connectivity index (χ2n) is 18.1. The molecule has 15 nitrogen and oxygen atoms in total. The summed E-state index contributed by atoms with van der Waals surface area (Å²) in [5.41, 5.74) is -2.96. The maximum atomic E-state index is 14.6. The summed E-state index contributed by atoms with van der Waals surface area (Å²) >= 11 is 0. The normalized spacial score (nSPS) is 44.7. The Balaban J connectivity index is 2.24. The largest absolute Gasteiger partial charge is 0.461 e. The van der Waals surface area contributed by atoms with Crippen LogP contribution in [-0.2, 0) is 61.8 Å². The number of carbonyl (C=O) groups is 4. The van der Waals surface area contributed by atoms with E-state index in [0.717, 1.165) is 0 Å². The zero-order valence-electron chi connectivity index (χ0n) is 37.7. The second kappa shape index (κ2) is 20.5. The van der Waals surface area contributed by atoms with Crippen molar-refractivity contribution >= 4 is 23.7 Å². The predicted octanol–water partition coefficient (Wildman–Crippen LogP) is 4.78. The third-order valence-corrected chi connectivity index (χ3v) is 13.1. The summed E-state index contributed by atoms with van der Waals surface area (Å²) in [6.45, 7) is 23.4. The molecule has 0 aliphatic carbocycles. The number of cyclic esters (lactones) is 1. The number of aliphatic hydroxyl groups excluding tert-OH is 1. The molecule has 0 aromatic rings. The lowest BCUT2D eigenvalue weighted by Crippen LogP contribution is -2.59. The fourth-order valence-corrected chi connectivity index (χ4v) is 9.43. The molecule has 0 radical (unpaired) electrons. The highest BCUT2D eigenvalue weighted by molar-refractivity contribution is 5.89. The van der Waals surface area contributed by atoms with E-state index >= 15 is 0 Å². The molecule has 58 heavy (non-hydrogen) atoms. The number of Topliss-reactive ketones (excluding diaryl/α,β-unsaturated/α-hetero) is 1. The molecule has 0 bridgehead atoms. The molecular formula is C43H74O15. The standard InChI is InChI=1S/C43H74O15/c1-20-18-42(13,49)38(47)26(7)36(54-30(11)45)25(6)35(22(3)28(9)44)57-40(48)27(8)37(24(5)34(20)58-41-23(4)32(50-15)17-21(2)52-41)56-33-19-43(14,51-16)39(29(10)53-33)55-31(12)46/h20-29,32-37,39,41,44,49H,17-19H2,1-16H3/t20-,21+,22+,23+,24+,25-,26+,27+,28+,29-,32-,33-,34-,35+,36-,37-,39+,41-,42-,43+/m0/s1. The Morgan fingerprint density at radius 1 is 0.793 bits per heavy atom. The molecule has 3 aliphatic heterocycles. The number of ether oxygens (including phenoxy) is 9. The summed E-state index contributed by atoms with van der Waals surface area (Å²) in [5.74, 6) is -7.28. The molecule has 2 N–H and O–H groups in total. The zero-order valence-corrected chi connectivity index (χ0v) is 37.7. The summed E-state index contributed by atoms with van der Waals surface area (Å²) in [6, 6.07) is 0. The number of aliphatic hydroxyl groups is 2. The van der Waals surface area contributed by atoms with Gasteiger partial charge in [0.1, 0.15) is 23.4 Å². The minimum atomic E-state index is -1.93. The number of carbonyl (C=O) groups excluding carboxylic acids is 4. The van der Waals surface area contributed by atoms with Crippen molar-refractivity contribution in [2.45, 2.75) is 195 Å². The first-order valence-electron chi connectivity index (χ1n) is 21.0. The Morgan fingerprint density at radius 2 is 1.40 bits per heavy atom. The number of rotatable bonds is 10. The van der Waals surface area contributed by atoms with Gasteiger partial charge in [0, 0.05) is 64.6 Å². The maximum Gasteiger partial charge on any atom is 0.311 e. The van der Waals surface area contributed by atoms with Crippen molar-refractivity contribution in [3.63, 3.8) is 0 Å². The predicted molar refractivity (Wildman–Crippen MR) is 211 cm³/mol. The van der Waals surface area contributed by atoms with Crippen molar-refractivity contribution in [3.05, 3.63) is 0 Å². The van der Waals surface area contributed by atoms with Gasteiger partial charge in [0.15, 0.2) is 24.5 Å². The fourth-order valence-electron chi connectivity index (χ4n) is 9.43. The van der Waals surface area contributed by atoms with Crippen molar-refractivity contribution in [1.29, 1.82) is 0 Å². The smallest absolute Gasteiger partial charge is 0.311 e. The SMILES string of the molecule is CO[C@H]1C[C@@H](C)O[C@@H](O[C@@H]2[C@@H](C)[C@H](O[C@H]3C[C@@](C)(OC)[C@H](OC(C)=O)[C@H](C)O3)[C@@H](C)C(=O)O[C@H]([C@H](C)[C@@H](C)O)[C@H](C)[C@H](OC(C)=O)[C@@H](C)C(=O)[C@@](C)(O)C[C@@H]2C)[C@@H]1C. The average molecular weight is 831 g/mol. The van der Waals surface area contributed by atoms with Crippen molar-refractivity contribution in [2.24, 2.45) is 41.4 Å². The van der Waals surface area contributed by atoms with E-state index in [1.807, 2.05) is 27.7 Å². The molecule has 0 aromatic carbocycles. The average Bonchev–Trinajstić information content (AvgIpc) is 3.13. The molecule has 3 rings (SSSR count). The summed E-state index contributed by atoms with van der Waals surface area (Å²) in [6.07, 6.45) is -7.73.